The fourth-order valence-corrected chi connectivity index (χ4v) is 4.85. The van der Waals surface area contributed by atoms with Crippen LogP contribution in [0.5, 0.6) is 0 Å². The van der Waals surface area contributed by atoms with Crippen molar-refractivity contribution in [1.29, 1.82) is 0 Å². The Morgan fingerprint density at radius 1 is 1.10 bits per heavy atom. The number of piperazine rings is 1. The first-order chi connectivity index (χ1) is 14.2. The minimum absolute atomic E-state index is 0. The Balaban J connectivity index is 0.00000320. The van der Waals surface area contributed by atoms with Crippen LogP contribution in [0.3, 0.4) is 0 Å². The standard InChI is InChI=1S/C22H41N5O2.HI/c1-23-22(25(2)11-7-19-8-17-29-18-9-19)24-10-12-26-13-15-27(16-14-26)21(28)20-5-3-4-6-20;/h19-20H,3-18H2,1-2H3,(H,23,24);1H. The van der Waals surface area contributed by atoms with E-state index in [1.54, 1.807) is 0 Å². The zero-order chi connectivity index (χ0) is 20.5. The number of carbonyl (C=O) groups is 1. The normalized spacial score (nSPS) is 22.1. The lowest BCUT2D eigenvalue weighted by Crippen LogP contribution is -2.52. The third kappa shape index (κ3) is 7.82. The van der Waals surface area contributed by atoms with Crippen LogP contribution in [0.2, 0.25) is 0 Å². The Labute approximate surface area is 200 Å². The average molecular weight is 536 g/mol. The van der Waals surface area contributed by atoms with Gasteiger partial charge in [0.05, 0.1) is 0 Å². The van der Waals surface area contributed by atoms with Gasteiger partial charge in [-0.1, -0.05) is 12.8 Å². The maximum Gasteiger partial charge on any atom is 0.225 e. The van der Waals surface area contributed by atoms with Gasteiger partial charge in [0.15, 0.2) is 5.96 Å². The van der Waals surface area contributed by atoms with E-state index in [2.05, 4.69) is 32.1 Å². The quantitative estimate of drug-likeness (QED) is 0.308. The summed E-state index contributed by atoms with van der Waals surface area (Å²) in [6.45, 7) is 8.50. The molecule has 2 saturated heterocycles. The number of nitrogens with one attached hydrogen (secondary N) is 1. The van der Waals surface area contributed by atoms with Crippen LogP contribution in [0.4, 0.5) is 0 Å². The molecule has 3 rings (SSSR count). The van der Waals surface area contributed by atoms with Gasteiger partial charge in [-0.3, -0.25) is 14.7 Å². The molecular weight excluding hydrogens is 493 g/mol. The number of aliphatic imine (C=N–C) groups is 1. The Bertz CT molecular complexity index is 528. The SMILES string of the molecule is CN=C(NCCN1CCN(C(=O)C2CCCC2)CC1)N(C)CCC1CCOCC1.I. The number of ether oxygens (including phenoxy) is 1. The molecule has 0 aromatic rings. The van der Waals surface area contributed by atoms with Gasteiger partial charge in [-0.15, -0.1) is 24.0 Å². The van der Waals surface area contributed by atoms with E-state index in [4.69, 9.17) is 4.74 Å². The molecule has 3 fully saturated rings. The summed E-state index contributed by atoms with van der Waals surface area (Å²) in [5.74, 6) is 2.48. The summed E-state index contributed by atoms with van der Waals surface area (Å²) in [7, 11) is 3.99. The highest BCUT2D eigenvalue weighted by Crippen LogP contribution is 2.26. The molecule has 8 heteroatoms. The predicted octanol–water partition coefficient (Wildman–Crippen LogP) is 2.26. The summed E-state index contributed by atoms with van der Waals surface area (Å²) in [4.78, 5) is 23.8. The van der Waals surface area contributed by atoms with Gasteiger partial charge in [-0.25, -0.2) is 0 Å². The van der Waals surface area contributed by atoms with Crippen LogP contribution in [-0.2, 0) is 9.53 Å². The van der Waals surface area contributed by atoms with E-state index in [0.717, 1.165) is 83.7 Å². The molecule has 174 valence electrons. The van der Waals surface area contributed by atoms with Crippen LogP contribution in [0.15, 0.2) is 4.99 Å². The molecule has 30 heavy (non-hydrogen) atoms. The number of amides is 1. The lowest BCUT2D eigenvalue weighted by molar-refractivity contribution is -0.137. The molecule has 0 spiro atoms. The molecule has 0 bridgehead atoms. The Kier molecular flexibility index (Phi) is 11.7. The first-order valence-corrected chi connectivity index (χ1v) is 11.7. The van der Waals surface area contributed by atoms with Gasteiger partial charge in [-0.05, 0) is 38.0 Å². The number of hydrogen-bond acceptors (Lipinski definition) is 4. The minimum Gasteiger partial charge on any atom is -0.381 e. The largest absolute Gasteiger partial charge is 0.381 e. The van der Waals surface area contributed by atoms with Crippen molar-refractivity contribution in [3.05, 3.63) is 0 Å². The van der Waals surface area contributed by atoms with E-state index < -0.39 is 0 Å². The van der Waals surface area contributed by atoms with Gasteiger partial charge in [0, 0.05) is 79.0 Å². The van der Waals surface area contributed by atoms with Crippen LogP contribution < -0.4 is 5.32 Å². The van der Waals surface area contributed by atoms with E-state index in [-0.39, 0.29) is 24.0 Å². The number of halogens is 1. The first-order valence-electron chi connectivity index (χ1n) is 11.7. The van der Waals surface area contributed by atoms with Crippen LogP contribution >= 0.6 is 24.0 Å². The zero-order valence-electron chi connectivity index (χ0n) is 19.0. The van der Waals surface area contributed by atoms with E-state index in [0.29, 0.717) is 11.8 Å². The zero-order valence-corrected chi connectivity index (χ0v) is 21.3. The minimum atomic E-state index is 0. The summed E-state index contributed by atoms with van der Waals surface area (Å²) >= 11 is 0. The van der Waals surface area contributed by atoms with Crippen molar-refractivity contribution in [2.24, 2.45) is 16.8 Å². The lowest BCUT2D eigenvalue weighted by Gasteiger charge is -2.36. The molecule has 2 heterocycles. The van der Waals surface area contributed by atoms with Crippen LogP contribution in [0, 0.1) is 11.8 Å². The molecule has 0 radical (unpaired) electrons. The third-order valence-electron chi connectivity index (χ3n) is 6.89. The molecule has 0 aromatic carbocycles. The summed E-state index contributed by atoms with van der Waals surface area (Å²) in [5.41, 5.74) is 0. The van der Waals surface area contributed by atoms with Gasteiger partial charge in [0.2, 0.25) is 5.91 Å². The smallest absolute Gasteiger partial charge is 0.225 e. The number of rotatable bonds is 7. The van der Waals surface area contributed by atoms with Gasteiger partial charge in [0.1, 0.15) is 0 Å². The Hall–Kier alpha value is -0.610. The molecule has 0 unspecified atom stereocenters. The van der Waals surface area contributed by atoms with Gasteiger partial charge in [-0.2, -0.15) is 0 Å². The average Bonchev–Trinajstić information content (AvgIpc) is 3.31. The maximum atomic E-state index is 12.6. The topological polar surface area (TPSA) is 60.4 Å². The van der Waals surface area contributed by atoms with Crippen molar-refractivity contribution in [2.75, 3.05) is 73.1 Å². The summed E-state index contributed by atoms with van der Waals surface area (Å²) in [6, 6.07) is 0. The van der Waals surface area contributed by atoms with Gasteiger partial charge < -0.3 is 19.9 Å². The second-order valence-corrected chi connectivity index (χ2v) is 8.89. The number of hydrogen-bond donors (Lipinski definition) is 1. The molecule has 1 amide bonds. The molecule has 0 atom stereocenters. The van der Waals surface area contributed by atoms with Crippen molar-refractivity contribution in [3.63, 3.8) is 0 Å². The fraction of sp³-hybridized carbons (Fsp3) is 0.909. The van der Waals surface area contributed by atoms with Crippen molar-refractivity contribution in [3.8, 4) is 0 Å². The lowest BCUT2D eigenvalue weighted by atomic mass is 9.96. The number of carbonyl (C=O) groups excluding carboxylic acids is 1. The monoisotopic (exact) mass is 535 g/mol. The molecule has 1 aliphatic carbocycles. The highest BCUT2D eigenvalue weighted by molar-refractivity contribution is 14.0. The van der Waals surface area contributed by atoms with Crippen molar-refractivity contribution in [1.82, 2.24) is 20.0 Å². The molecule has 1 N–H and O–H groups in total. The van der Waals surface area contributed by atoms with Gasteiger partial charge >= 0.3 is 0 Å². The number of nitrogens with zero attached hydrogens (tertiary/aromatic N) is 4. The second-order valence-electron chi connectivity index (χ2n) is 8.89. The van der Waals surface area contributed by atoms with Gasteiger partial charge in [0.25, 0.3) is 0 Å². The first kappa shape index (κ1) is 25.6. The molecular formula is C22H42IN5O2. The summed E-state index contributed by atoms with van der Waals surface area (Å²) in [6.07, 6.45) is 8.25. The Morgan fingerprint density at radius 3 is 2.40 bits per heavy atom. The predicted molar refractivity (Wildman–Crippen MR) is 133 cm³/mol. The van der Waals surface area contributed by atoms with Crippen molar-refractivity contribution in [2.45, 2.75) is 44.9 Å². The Morgan fingerprint density at radius 2 is 1.77 bits per heavy atom. The molecule has 2 aliphatic heterocycles. The highest BCUT2D eigenvalue weighted by atomic mass is 127. The van der Waals surface area contributed by atoms with Crippen molar-refractivity contribution < 1.29 is 9.53 Å². The van der Waals surface area contributed by atoms with Crippen LogP contribution in [0.1, 0.15) is 44.9 Å². The van der Waals surface area contributed by atoms with E-state index >= 15 is 0 Å². The number of guanidine groups is 1. The summed E-state index contributed by atoms with van der Waals surface area (Å²) in [5, 5.41) is 3.51. The second kappa shape index (κ2) is 13.7. The molecule has 3 aliphatic rings. The maximum absolute atomic E-state index is 12.6. The highest BCUT2D eigenvalue weighted by Gasteiger charge is 2.29. The van der Waals surface area contributed by atoms with Crippen molar-refractivity contribution >= 4 is 35.8 Å². The van der Waals surface area contributed by atoms with E-state index in [1.165, 1.54) is 32.1 Å². The van der Waals surface area contributed by atoms with Crippen LogP contribution in [0.25, 0.3) is 0 Å². The molecule has 0 aromatic heterocycles. The van der Waals surface area contributed by atoms with Crippen LogP contribution in [-0.4, -0.2) is 99.7 Å². The molecule has 1 saturated carbocycles. The third-order valence-corrected chi connectivity index (χ3v) is 6.89. The fourth-order valence-electron chi connectivity index (χ4n) is 4.85. The summed E-state index contributed by atoms with van der Waals surface area (Å²) < 4.78 is 5.46. The molecule has 7 nitrogen and oxygen atoms in total. The van der Waals surface area contributed by atoms with E-state index in [9.17, 15) is 4.79 Å². The van der Waals surface area contributed by atoms with E-state index in [1.807, 2.05) is 7.05 Å².